The van der Waals surface area contributed by atoms with Gasteiger partial charge in [0.15, 0.2) is 5.60 Å². The van der Waals surface area contributed by atoms with E-state index in [1.54, 1.807) is 0 Å². The molecule has 0 amide bonds. The third-order valence-electron chi connectivity index (χ3n) is 5.02. The van der Waals surface area contributed by atoms with Crippen molar-refractivity contribution in [2.45, 2.75) is 61.0 Å². The van der Waals surface area contributed by atoms with Crippen molar-refractivity contribution in [2.75, 3.05) is 0 Å². The third kappa shape index (κ3) is 4.98. The molecule has 0 saturated heterocycles. The van der Waals surface area contributed by atoms with Gasteiger partial charge in [0.25, 0.3) is 0 Å². The maximum Gasteiger partial charge on any atom is 0.340 e. The first-order valence-electron chi connectivity index (χ1n) is 11.8. The third-order valence-corrected chi connectivity index (χ3v) is 5.02. The van der Waals surface area contributed by atoms with Crippen LogP contribution in [0.15, 0.2) is 60.7 Å². The largest absolute Gasteiger partial charge is 0.456 e. The molecule has 3 heteroatoms. The van der Waals surface area contributed by atoms with Gasteiger partial charge in [-0.15, -0.1) is 0 Å². The number of ether oxygens (including phenoxy) is 2. The van der Waals surface area contributed by atoms with Crippen molar-refractivity contribution in [2.24, 2.45) is 11.8 Å². The van der Waals surface area contributed by atoms with E-state index >= 15 is 0 Å². The first kappa shape index (κ1) is 24.6. The quantitative estimate of drug-likeness (QED) is 0.328. The summed E-state index contributed by atoms with van der Waals surface area (Å²) in [5.41, 5.74) is 4.49. The average Bonchev–Trinajstić information content (AvgIpc) is 3.02. The van der Waals surface area contributed by atoms with Crippen LogP contribution in [0.5, 0.6) is 11.5 Å². The molecule has 33 heavy (non-hydrogen) atoms. The van der Waals surface area contributed by atoms with Crippen LogP contribution in [0.3, 0.4) is 0 Å². The van der Waals surface area contributed by atoms with Crippen molar-refractivity contribution in [1.82, 2.24) is 0 Å². The molecule has 0 radical (unpaired) electrons. The number of fused-ring (bicyclic) bond motifs is 6. The summed E-state index contributed by atoms with van der Waals surface area (Å²) in [4.78, 5) is 12.7. The van der Waals surface area contributed by atoms with Gasteiger partial charge in [-0.1, -0.05) is 83.0 Å². The Hall–Kier alpha value is -3.07. The lowest BCUT2D eigenvalue weighted by atomic mass is 9.77. The van der Waals surface area contributed by atoms with E-state index in [0.717, 1.165) is 51.2 Å². The molecule has 0 aromatic heterocycles. The second-order valence-electron chi connectivity index (χ2n) is 10.2. The van der Waals surface area contributed by atoms with Crippen LogP contribution >= 0.6 is 0 Å². The first-order valence-corrected chi connectivity index (χ1v) is 11.8. The molecule has 0 N–H and O–H groups in total. The number of esters is 1. The van der Waals surface area contributed by atoms with Gasteiger partial charge in [0.1, 0.15) is 11.5 Å². The van der Waals surface area contributed by atoms with Crippen LogP contribution in [0, 0.1) is 25.7 Å². The van der Waals surface area contributed by atoms with Crippen molar-refractivity contribution in [3.05, 3.63) is 94.0 Å². The minimum absolute atomic E-state index is 0.294. The molecule has 2 aliphatic heterocycles. The van der Waals surface area contributed by atoms with Gasteiger partial charge < -0.3 is 9.47 Å². The highest BCUT2D eigenvalue weighted by Crippen LogP contribution is 2.56. The fourth-order valence-electron chi connectivity index (χ4n) is 3.90. The Balaban J connectivity index is 0.000000335. The number of benzene rings is 3. The molecule has 0 fully saturated rings. The van der Waals surface area contributed by atoms with Crippen molar-refractivity contribution in [3.63, 3.8) is 0 Å². The minimum Gasteiger partial charge on any atom is -0.456 e. The van der Waals surface area contributed by atoms with Crippen molar-refractivity contribution >= 4 is 5.97 Å². The lowest BCUT2D eigenvalue weighted by Crippen LogP contribution is -2.33. The fraction of sp³-hybridized carbons (Fsp3) is 0.367. The highest BCUT2D eigenvalue weighted by molar-refractivity contribution is 5.97. The predicted molar refractivity (Wildman–Crippen MR) is 135 cm³/mol. The zero-order valence-electron chi connectivity index (χ0n) is 21.2. The van der Waals surface area contributed by atoms with E-state index in [-0.39, 0.29) is 5.97 Å². The number of hydrogen-bond donors (Lipinski definition) is 0. The monoisotopic (exact) mass is 444 g/mol. The number of carbonyl (C=O) groups is 1. The number of hydrogen-bond acceptors (Lipinski definition) is 3. The van der Waals surface area contributed by atoms with Gasteiger partial charge in [-0.25, -0.2) is 4.79 Å². The second-order valence-corrected chi connectivity index (χ2v) is 10.2. The molecule has 2 aliphatic rings. The van der Waals surface area contributed by atoms with Gasteiger partial charge in [-0.2, -0.15) is 0 Å². The van der Waals surface area contributed by atoms with Gasteiger partial charge in [0.2, 0.25) is 0 Å². The Morgan fingerprint density at radius 2 is 1.12 bits per heavy atom. The summed E-state index contributed by atoms with van der Waals surface area (Å²) < 4.78 is 12.2. The smallest absolute Gasteiger partial charge is 0.340 e. The van der Waals surface area contributed by atoms with Gasteiger partial charge in [-0.05, 0) is 56.0 Å². The summed E-state index contributed by atoms with van der Waals surface area (Å²) in [5, 5.41) is 0. The van der Waals surface area contributed by atoms with Crippen LogP contribution in [0.1, 0.15) is 79.7 Å². The molecule has 0 bridgehead atoms. The van der Waals surface area contributed by atoms with Crippen LogP contribution in [-0.4, -0.2) is 5.97 Å². The van der Waals surface area contributed by atoms with E-state index < -0.39 is 5.60 Å². The van der Waals surface area contributed by atoms with E-state index in [1.807, 2.05) is 62.4 Å². The highest BCUT2D eigenvalue weighted by atomic mass is 16.6. The molecular formula is C30H36O3. The molecule has 3 nitrogen and oxygen atoms in total. The summed E-state index contributed by atoms with van der Waals surface area (Å²) in [5.74, 6) is 2.83. The van der Waals surface area contributed by atoms with Crippen LogP contribution in [0.4, 0.5) is 0 Å². The lowest BCUT2D eigenvalue weighted by Gasteiger charge is -2.36. The number of carbonyl (C=O) groups excluding carboxylic acids is 1. The molecule has 0 unspecified atom stereocenters. The Morgan fingerprint density at radius 1 is 0.667 bits per heavy atom. The molecule has 2 heterocycles. The summed E-state index contributed by atoms with van der Waals surface area (Å²) in [6.07, 6.45) is 0. The average molecular weight is 445 g/mol. The molecule has 5 rings (SSSR count). The van der Waals surface area contributed by atoms with Crippen LogP contribution in [0.25, 0.3) is 0 Å². The maximum atomic E-state index is 12.7. The predicted octanol–water partition coefficient (Wildman–Crippen LogP) is 8.20. The van der Waals surface area contributed by atoms with Crippen LogP contribution in [0.2, 0.25) is 0 Å². The Morgan fingerprint density at radius 3 is 1.61 bits per heavy atom. The fourth-order valence-corrected chi connectivity index (χ4v) is 3.90. The summed E-state index contributed by atoms with van der Waals surface area (Å²) >= 11 is 0. The molecule has 174 valence electrons. The Labute approximate surface area is 198 Å². The van der Waals surface area contributed by atoms with Crippen molar-refractivity contribution in [3.8, 4) is 11.5 Å². The molecule has 3 aromatic carbocycles. The maximum absolute atomic E-state index is 12.7. The van der Waals surface area contributed by atoms with E-state index in [0.29, 0.717) is 5.56 Å². The van der Waals surface area contributed by atoms with Crippen molar-refractivity contribution in [1.29, 1.82) is 0 Å². The highest BCUT2D eigenvalue weighted by Gasteiger charge is 2.53. The van der Waals surface area contributed by atoms with Crippen molar-refractivity contribution < 1.29 is 14.3 Å². The van der Waals surface area contributed by atoms with Gasteiger partial charge in [0.05, 0.1) is 5.56 Å². The first-order chi connectivity index (χ1) is 15.6. The van der Waals surface area contributed by atoms with E-state index in [2.05, 4.69) is 53.7 Å². The van der Waals surface area contributed by atoms with Gasteiger partial charge in [-0.3, -0.25) is 0 Å². The zero-order valence-corrected chi connectivity index (χ0v) is 21.2. The second kappa shape index (κ2) is 9.82. The Kier molecular flexibility index (Phi) is 7.31. The molecule has 0 aliphatic carbocycles. The van der Waals surface area contributed by atoms with Gasteiger partial charge >= 0.3 is 5.97 Å². The standard InChI is InChI=1S/C22H16O3.2C4H10/c1-13-7-9-19-17(11-13)22(18-12-14(2)8-10-20(18)24-19)16-6-4-3-5-15(16)21(23)25-22;2*1-4(2)3/h3-12H,1-2H3;2*4H,1-3H3. The van der Waals surface area contributed by atoms with Crippen LogP contribution < -0.4 is 4.74 Å². The van der Waals surface area contributed by atoms with E-state index in [9.17, 15) is 4.79 Å². The number of rotatable bonds is 0. The number of aryl methyl sites for hydroxylation is 2. The lowest BCUT2D eigenvalue weighted by molar-refractivity contribution is 0.0224. The Bertz CT molecular complexity index is 1080. The SMILES string of the molecule is CC(C)C.CC(C)C.Cc1ccc2c(c1)C1(OC(=O)c3ccccc31)c1cc(C)ccc1O2. The summed E-state index contributed by atoms with van der Waals surface area (Å²) in [6.45, 7) is 17.1. The zero-order chi connectivity index (χ0) is 24.3. The minimum atomic E-state index is -0.950. The van der Waals surface area contributed by atoms with Crippen LogP contribution in [-0.2, 0) is 10.3 Å². The summed E-state index contributed by atoms with van der Waals surface area (Å²) in [6, 6.07) is 19.6. The van der Waals surface area contributed by atoms with E-state index in [4.69, 9.17) is 9.47 Å². The summed E-state index contributed by atoms with van der Waals surface area (Å²) in [7, 11) is 0. The molecule has 0 atom stereocenters. The normalized spacial score (nSPS) is 14.2. The topological polar surface area (TPSA) is 35.5 Å². The van der Waals surface area contributed by atoms with E-state index in [1.165, 1.54) is 0 Å². The molecule has 0 saturated carbocycles. The molecule has 1 spiro atoms. The van der Waals surface area contributed by atoms with Gasteiger partial charge in [0, 0.05) is 16.7 Å². The molecule has 3 aromatic rings. The molecular weight excluding hydrogens is 408 g/mol.